The van der Waals surface area contributed by atoms with Crippen LogP contribution in [-0.2, 0) is 28.5 Å². The van der Waals surface area contributed by atoms with Crippen molar-refractivity contribution in [1.29, 1.82) is 0 Å². The van der Waals surface area contributed by atoms with E-state index in [1.165, 1.54) is 26.4 Å². The summed E-state index contributed by atoms with van der Waals surface area (Å²) in [6.07, 6.45) is 3.13. The number of nitrogens with one attached hydrogen (secondary N) is 4. The predicted molar refractivity (Wildman–Crippen MR) is 270 cm³/mol. The van der Waals surface area contributed by atoms with Gasteiger partial charge in [-0.15, -0.1) is 0 Å². The van der Waals surface area contributed by atoms with Crippen LogP contribution in [0.25, 0.3) is 22.1 Å². The average Bonchev–Trinajstić information content (AvgIpc) is 4.24. The minimum absolute atomic E-state index is 0.000417. The maximum Gasteiger partial charge on any atom is 0.407 e. The van der Waals surface area contributed by atoms with Crippen LogP contribution in [0.4, 0.5) is 29.7 Å². The molecule has 0 radical (unpaired) electrons. The van der Waals surface area contributed by atoms with Gasteiger partial charge in [-0.2, -0.15) is 0 Å². The number of fused-ring (bicyclic) bond motifs is 2. The number of alkyl carbamates (subject to hydrolysis) is 2. The van der Waals surface area contributed by atoms with Gasteiger partial charge in [0, 0.05) is 58.9 Å². The lowest BCUT2D eigenvalue weighted by Crippen LogP contribution is -2.51. The molecule has 0 saturated carbocycles. The van der Waals surface area contributed by atoms with E-state index >= 15 is 8.78 Å². The number of imidazole rings is 2. The lowest BCUT2D eigenvalue weighted by molar-refractivity contribution is -0.136. The number of ether oxygens (including phenoxy) is 4. The van der Waals surface area contributed by atoms with Gasteiger partial charge < -0.3 is 59.1 Å². The number of methoxy groups -OCH3 is 4. The van der Waals surface area contributed by atoms with Crippen molar-refractivity contribution >= 4 is 57.4 Å². The Morgan fingerprint density at radius 1 is 0.630 bits per heavy atom. The van der Waals surface area contributed by atoms with Gasteiger partial charge in [0.2, 0.25) is 11.8 Å². The number of hydrogen-bond donors (Lipinski definition) is 4. The molecule has 0 bridgehead atoms. The van der Waals surface area contributed by atoms with E-state index in [9.17, 15) is 19.2 Å². The Hall–Kier alpha value is -6.54. The van der Waals surface area contributed by atoms with Crippen LogP contribution in [0.2, 0.25) is 0 Å². The molecule has 73 heavy (non-hydrogen) atoms. The first-order valence-electron chi connectivity index (χ1n) is 25.5. The van der Waals surface area contributed by atoms with Crippen LogP contribution in [-0.4, -0.2) is 133 Å². The van der Waals surface area contributed by atoms with E-state index < -0.39 is 48.0 Å². The number of likely N-dealkylation sites (tertiary alicyclic amines) is 2. The summed E-state index contributed by atoms with van der Waals surface area (Å²) in [5, 5.41) is 5.40. The fraction of sp³-hybridized carbons (Fsp3) is 0.547. The Labute approximate surface area is 423 Å². The molecule has 18 nitrogen and oxygen atoms in total. The summed E-state index contributed by atoms with van der Waals surface area (Å²) in [6.45, 7) is 9.23. The molecule has 9 rings (SSSR count). The molecule has 4 N–H and O–H groups in total. The summed E-state index contributed by atoms with van der Waals surface area (Å²) in [6, 6.07) is 11.6. The Bertz CT molecular complexity index is 2660. The number of aromatic nitrogens is 4. The van der Waals surface area contributed by atoms with Crippen molar-refractivity contribution in [2.75, 3.05) is 64.4 Å². The second-order valence-corrected chi connectivity index (χ2v) is 20.5. The number of hydrogen-bond acceptors (Lipinski definition) is 12. The molecular formula is C53H68F2N10O8. The Morgan fingerprint density at radius 2 is 1.07 bits per heavy atom. The minimum Gasteiger partial charge on any atom is -0.453 e. The van der Waals surface area contributed by atoms with E-state index in [0.29, 0.717) is 80.2 Å². The molecule has 2 aromatic heterocycles. The summed E-state index contributed by atoms with van der Waals surface area (Å²) in [5.74, 6) is -1.05. The Kier molecular flexibility index (Phi) is 15.1. The molecule has 4 aliphatic rings. The van der Waals surface area contributed by atoms with E-state index in [1.807, 2.05) is 69.0 Å². The zero-order chi connectivity index (χ0) is 51.8. The standard InChI is InChI=1S/C53H68F2N10O8/c1-28(2)45(60-52(68)72-7)50(66)63-26-33(70-5)24-43(63)48-56-37-14-12-30(20-39(37)58-48)41-16-17-42(65(41)32-22-35(54)47(36(55)23-32)62-18-10-9-11-19-62)31-13-15-38-40(21-31)59-49(57-38)44-25-34(71-6)27-64(44)51(67)46(29(3)4)61-53(69)73-8/h12-15,20-23,28-29,33-34,41-46H,9-11,16-19,24-27H2,1-8H3,(H,56,58)(H,57,59)(H,60,68)(H,61,69)/t33-,34-,41+,42+,43-,44-,45-,46-/m0/s1. The summed E-state index contributed by atoms with van der Waals surface area (Å²) in [5.41, 5.74) is 5.07. The number of anilines is 2. The third-order valence-corrected chi connectivity index (χ3v) is 15.3. The molecular weight excluding hydrogens is 943 g/mol. The highest BCUT2D eigenvalue weighted by molar-refractivity contribution is 5.88. The van der Waals surface area contributed by atoms with Crippen LogP contribution in [0.1, 0.15) is 120 Å². The van der Waals surface area contributed by atoms with Gasteiger partial charge in [0.05, 0.1) is 72.7 Å². The highest BCUT2D eigenvalue weighted by Gasteiger charge is 2.44. The third-order valence-electron chi connectivity index (χ3n) is 15.3. The molecule has 4 amide bonds. The predicted octanol–water partition coefficient (Wildman–Crippen LogP) is 8.13. The molecule has 5 aromatic rings. The third kappa shape index (κ3) is 10.2. The van der Waals surface area contributed by atoms with Crippen LogP contribution in [0.15, 0.2) is 48.5 Å². The SMILES string of the molecule is COC(=O)N[C@H](C(=O)N1C[C@@H](OC)C[C@H]1c1nc2ccc([C@H]3CC[C@H](c4ccc5nc([C@@H]6C[C@H](OC)CN6C(=O)[C@@H](NC(=O)OC)C(C)C)[nH]c5c4)N3c3cc(F)c(N4CCCCC4)c(F)c3)cc2[nH]1)C(C)C. The highest BCUT2D eigenvalue weighted by Crippen LogP contribution is 2.49. The summed E-state index contributed by atoms with van der Waals surface area (Å²) in [4.78, 5) is 77.2. The van der Waals surface area contributed by atoms with Crippen LogP contribution < -0.4 is 20.4 Å². The minimum atomic E-state index is -0.833. The lowest BCUT2D eigenvalue weighted by atomic mass is 10.0. The number of carbonyl (C=O) groups excluding carboxylic acids is 4. The Morgan fingerprint density at radius 3 is 1.47 bits per heavy atom. The maximum atomic E-state index is 16.5. The monoisotopic (exact) mass is 1010 g/mol. The zero-order valence-corrected chi connectivity index (χ0v) is 42.9. The van der Waals surface area contributed by atoms with Crippen LogP contribution in [0.5, 0.6) is 0 Å². The van der Waals surface area contributed by atoms with Crippen molar-refractivity contribution in [3.63, 3.8) is 0 Å². The molecule has 4 fully saturated rings. The van der Waals surface area contributed by atoms with Crippen molar-refractivity contribution < 1.29 is 46.9 Å². The molecule has 392 valence electrons. The number of halogens is 2. The van der Waals surface area contributed by atoms with Gasteiger partial charge in [-0.3, -0.25) is 9.59 Å². The van der Waals surface area contributed by atoms with Crippen molar-refractivity contribution in [3.05, 3.63) is 82.9 Å². The first-order chi connectivity index (χ1) is 35.1. The van der Waals surface area contributed by atoms with Crippen molar-refractivity contribution in [1.82, 2.24) is 40.4 Å². The van der Waals surface area contributed by atoms with Crippen molar-refractivity contribution in [3.8, 4) is 0 Å². The molecule has 3 aromatic carbocycles. The van der Waals surface area contributed by atoms with Crippen molar-refractivity contribution in [2.45, 2.75) is 121 Å². The van der Waals surface area contributed by atoms with Crippen LogP contribution in [0.3, 0.4) is 0 Å². The van der Waals surface area contributed by atoms with E-state index in [1.54, 1.807) is 24.0 Å². The summed E-state index contributed by atoms with van der Waals surface area (Å²) < 4.78 is 54.2. The van der Waals surface area contributed by atoms with Crippen molar-refractivity contribution in [2.24, 2.45) is 11.8 Å². The molecule has 0 aliphatic carbocycles. The molecule has 4 aliphatic heterocycles. The molecule has 0 unspecified atom stereocenters. The number of nitrogens with zero attached hydrogens (tertiary/aromatic N) is 6. The smallest absolute Gasteiger partial charge is 0.407 e. The number of piperidine rings is 1. The second-order valence-electron chi connectivity index (χ2n) is 20.5. The number of rotatable bonds is 14. The number of aromatic amines is 2. The van der Waals surface area contributed by atoms with Gasteiger partial charge in [-0.1, -0.05) is 39.8 Å². The molecule has 6 heterocycles. The van der Waals surface area contributed by atoms with E-state index in [2.05, 4.69) is 25.5 Å². The number of H-pyrrole nitrogens is 2. The Balaban J connectivity index is 1.05. The first kappa shape index (κ1) is 51.4. The number of benzene rings is 3. The maximum absolute atomic E-state index is 16.5. The average molecular weight is 1010 g/mol. The summed E-state index contributed by atoms with van der Waals surface area (Å²) in [7, 11) is 5.74. The molecule has 20 heteroatoms. The van der Waals surface area contributed by atoms with E-state index in [4.69, 9.17) is 28.9 Å². The van der Waals surface area contributed by atoms with Crippen LogP contribution >= 0.6 is 0 Å². The molecule has 8 atom stereocenters. The zero-order valence-electron chi connectivity index (χ0n) is 42.9. The number of carbonyl (C=O) groups is 4. The number of amides is 4. The van der Waals surface area contributed by atoms with Gasteiger partial charge >= 0.3 is 12.2 Å². The second kappa shape index (κ2) is 21.5. The van der Waals surface area contributed by atoms with E-state index in [-0.39, 0.29) is 53.6 Å². The van der Waals surface area contributed by atoms with Gasteiger partial charge in [0.1, 0.15) is 29.4 Å². The normalized spacial score (nSPS) is 23.2. The molecule has 4 saturated heterocycles. The first-order valence-corrected chi connectivity index (χ1v) is 25.5. The fourth-order valence-corrected chi connectivity index (χ4v) is 11.5. The largest absolute Gasteiger partial charge is 0.453 e. The lowest BCUT2D eigenvalue weighted by Gasteiger charge is -2.35. The quantitative estimate of drug-likeness (QED) is 0.0834. The fourth-order valence-electron chi connectivity index (χ4n) is 11.5. The highest BCUT2D eigenvalue weighted by atomic mass is 19.1. The summed E-state index contributed by atoms with van der Waals surface area (Å²) >= 11 is 0. The van der Waals surface area contributed by atoms with E-state index in [0.717, 1.165) is 41.4 Å². The topological polar surface area (TPSA) is 200 Å². The van der Waals surface area contributed by atoms with Crippen LogP contribution in [0, 0.1) is 23.5 Å². The van der Waals surface area contributed by atoms with Gasteiger partial charge in [-0.25, -0.2) is 28.3 Å². The van der Waals surface area contributed by atoms with Gasteiger partial charge in [0.15, 0.2) is 11.6 Å². The van der Waals surface area contributed by atoms with Gasteiger partial charge in [0.25, 0.3) is 0 Å². The van der Waals surface area contributed by atoms with Gasteiger partial charge in [-0.05, 0) is 91.5 Å². The molecule has 0 spiro atoms.